The Morgan fingerprint density at radius 2 is 2.04 bits per heavy atom. The van der Waals surface area contributed by atoms with E-state index >= 15 is 0 Å². The maximum Gasteiger partial charge on any atom is 0.251 e. The number of benzene rings is 1. The second-order valence-corrected chi connectivity index (χ2v) is 7.19. The van der Waals surface area contributed by atoms with Crippen LogP contribution >= 0.6 is 0 Å². The Morgan fingerprint density at radius 3 is 2.68 bits per heavy atom. The Morgan fingerprint density at radius 1 is 1.21 bits per heavy atom. The number of pyridine rings is 1. The second-order valence-electron chi connectivity index (χ2n) is 7.19. The maximum absolute atomic E-state index is 12.8. The predicted molar refractivity (Wildman–Crippen MR) is 101 cm³/mol. The van der Waals surface area contributed by atoms with Crippen molar-refractivity contribution in [3.05, 3.63) is 71.8 Å². The maximum atomic E-state index is 12.8. The largest absolute Gasteiger partial charge is 0.393 e. The molecule has 1 fully saturated rings. The fourth-order valence-electron chi connectivity index (χ4n) is 3.49. The highest BCUT2D eigenvalue weighted by Crippen LogP contribution is 2.31. The van der Waals surface area contributed by atoms with E-state index in [1.54, 1.807) is 17.2 Å². The molecular weight excluding hydrogens is 356 g/mol. The smallest absolute Gasteiger partial charge is 0.251 e. The molecular formula is C20H22N6O2. The van der Waals surface area contributed by atoms with Crippen molar-refractivity contribution in [3.63, 3.8) is 0 Å². The molecule has 1 saturated carbocycles. The Balaban J connectivity index is 1.41. The molecule has 1 unspecified atom stereocenters. The number of aromatic nitrogens is 5. The molecule has 1 atom stereocenters. The van der Waals surface area contributed by atoms with E-state index in [-0.39, 0.29) is 24.0 Å². The van der Waals surface area contributed by atoms with Crippen molar-refractivity contribution in [2.45, 2.75) is 38.0 Å². The summed E-state index contributed by atoms with van der Waals surface area (Å²) in [6.45, 7) is 0.553. The summed E-state index contributed by atoms with van der Waals surface area (Å²) in [6.07, 6.45) is 5.12. The molecule has 2 heterocycles. The zero-order chi connectivity index (χ0) is 19.3. The predicted octanol–water partition coefficient (Wildman–Crippen LogP) is 1.23. The molecule has 2 N–H and O–H groups in total. The number of rotatable bonds is 7. The fourth-order valence-corrected chi connectivity index (χ4v) is 3.49. The summed E-state index contributed by atoms with van der Waals surface area (Å²) in [7, 11) is 0. The van der Waals surface area contributed by atoms with Gasteiger partial charge >= 0.3 is 0 Å². The Bertz CT molecular complexity index is 892. The Labute approximate surface area is 162 Å². The van der Waals surface area contributed by atoms with Gasteiger partial charge in [-0.25, -0.2) is 4.68 Å². The Kier molecular flexibility index (Phi) is 5.38. The molecule has 8 nitrogen and oxygen atoms in total. The molecule has 1 aromatic carbocycles. The lowest BCUT2D eigenvalue weighted by atomic mass is 9.76. The van der Waals surface area contributed by atoms with E-state index in [0.717, 1.165) is 11.3 Å². The summed E-state index contributed by atoms with van der Waals surface area (Å²) in [4.78, 5) is 17.1. The SMILES string of the molecule is O=C(NC(Cc1ccccn1)C1CC(O)C1)c1ccc(Cn2cnnn2)cc1. The molecule has 1 aliphatic rings. The minimum absolute atomic E-state index is 0.0494. The molecule has 0 spiro atoms. The number of tetrazole rings is 1. The minimum Gasteiger partial charge on any atom is -0.393 e. The van der Waals surface area contributed by atoms with Gasteiger partial charge in [0.2, 0.25) is 0 Å². The Hall–Kier alpha value is -3.13. The van der Waals surface area contributed by atoms with Crippen LogP contribution in [0, 0.1) is 5.92 Å². The van der Waals surface area contributed by atoms with E-state index in [4.69, 9.17) is 0 Å². The van der Waals surface area contributed by atoms with Gasteiger partial charge in [0.15, 0.2) is 0 Å². The lowest BCUT2D eigenvalue weighted by molar-refractivity contribution is 0.0238. The molecule has 4 rings (SSSR count). The van der Waals surface area contributed by atoms with Gasteiger partial charge in [0.25, 0.3) is 5.91 Å². The molecule has 0 saturated heterocycles. The number of carbonyl (C=O) groups is 1. The molecule has 1 aliphatic carbocycles. The van der Waals surface area contributed by atoms with E-state index in [2.05, 4.69) is 25.8 Å². The normalized spacial score (nSPS) is 19.6. The summed E-state index contributed by atoms with van der Waals surface area (Å²) in [5.41, 5.74) is 2.55. The molecule has 0 aliphatic heterocycles. The summed E-state index contributed by atoms with van der Waals surface area (Å²) < 4.78 is 1.62. The first kappa shape index (κ1) is 18.2. The molecule has 0 radical (unpaired) electrons. The van der Waals surface area contributed by atoms with Crippen molar-refractivity contribution in [2.75, 3.05) is 0 Å². The van der Waals surface area contributed by atoms with Crippen LogP contribution in [-0.2, 0) is 13.0 Å². The van der Waals surface area contributed by atoms with Gasteiger partial charge in [-0.05, 0) is 59.0 Å². The average molecular weight is 378 g/mol. The van der Waals surface area contributed by atoms with Crippen molar-refractivity contribution >= 4 is 5.91 Å². The third-order valence-corrected chi connectivity index (χ3v) is 5.14. The third kappa shape index (κ3) is 4.40. The van der Waals surface area contributed by atoms with Gasteiger partial charge in [-0.2, -0.15) is 0 Å². The van der Waals surface area contributed by atoms with E-state index in [1.807, 2.05) is 42.5 Å². The van der Waals surface area contributed by atoms with Crippen LogP contribution in [0.1, 0.15) is 34.5 Å². The fraction of sp³-hybridized carbons (Fsp3) is 0.350. The van der Waals surface area contributed by atoms with Gasteiger partial charge in [-0.1, -0.05) is 18.2 Å². The van der Waals surface area contributed by atoms with Crippen LogP contribution in [0.3, 0.4) is 0 Å². The number of carbonyl (C=O) groups excluding carboxylic acids is 1. The highest BCUT2D eigenvalue weighted by atomic mass is 16.3. The van der Waals surface area contributed by atoms with Gasteiger partial charge in [-0.3, -0.25) is 9.78 Å². The van der Waals surface area contributed by atoms with Crippen LogP contribution < -0.4 is 5.32 Å². The number of nitrogens with zero attached hydrogens (tertiary/aromatic N) is 5. The molecule has 2 aromatic heterocycles. The van der Waals surface area contributed by atoms with Crippen LogP contribution in [0.4, 0.5) is 0 Å². The first-order valence-corrected chi connectivity index (χ1v) is 9.36. The molecule has 28 heavy (non-hydrogen) atoms. The van der Waals surface area contributed by atoms with Crippen molar-refractivity contribution in [1.82, 2.24) is 30.5 Å². The van der Waals surface area contributed by atoms with Crippen molar-refractivity contribution in [3.8, 4) is 0 Å². The lowest BCUT2D eigenvalue weighted by Gasteiger charge is -2.38. The van der Waals surface area contributed by atoms with Gasteiger partial charge in [-0.15, -0.1) is 5.10 Å². The monoisotopic (exact) mass is 378 g/mol. The highest BCUT2D eigenvalue weighted by molar-refractivity contribution is 5.94. The first-order valence-electron chi connectivity index (χ1n) is 9.36. The quantitative estimate of drug-likeness (QED) is 0.641. The van der Waals surface area contributed by atoms with Gasteiger partial charge in [0.1, 0.15) is 6.33 Å². The molecule has 3 aromatic rings. The van der Waals surface area contributed by atoms with Crippen LogP contribution in [0.5, 0.6) is 0 Å². The molecule has 1 amide bonds. The van der Waals surface area contributed by atoms with Gasteiger partial charge in [0.05, 0.1) is 12.6 Å². The third-order valence-electron chi connectivity index (χ3n) is 5.14. The highest BCUT2D eigenvalue weighted by Gasteiger charge is 2.35. The summed E-state index contributed by atoms with van der Waals surface area (Å²) in [5, 5.41) is 23.9. The number of nitrogens with one attached hydrogen (secondary N) is 1. The van der Waals surface area contributed by atoms with E-state index in [0.29, 0.717) is 31.4 Å². The van der Waals surface area contributed by atoms with E-state index in [9.17, 15) is 9.90 Å². The van der Waals surface area contributed by atoms with Crippen molar-refractivity contribution < 1.29 is 9.90 Å². The van der Waals surface area contributed by atoms with Crippen LogP contribution in [0.15, 0.2) is 55.0 Å². The number of hydrogen-bond acceptors (Lipinski definition) is 6. The van der Waals surface area contributed by atoms with Crippen LogP contribution in [0.25, 0.3) is 0 Å². The molecule has 144 valence electrons. The van der Waals surface area contributed by atoms with Gasteiger partial charge in [0, 0.05) is 29.9 Å². The average Bonchev–Trinajstić information content (AvgIpc) is 3.19. The van der Waals surface area contributed by atoms with Crippen LogP contribution in [-0.4, -0.2) is 48.4 Å². The zero-order valence-corrected chi connectivity index (χ0v) is 15.3. The van der Waals surface area contributed by atoms with Crippen molar-refractivity contribution in [1.29, 1.82) is 0 Å². The summed E-state index contributed by atoms with van der Waals surface area (Å²) >= 11 is 0. The zero-order valence-electron chi connectivity index (χ0n) is 15.3. The van der Waals surface area contributed by atoms with Gasteiger partial charge < -0.3 is 10.4 Å². The summed E-state index contributed by atoms with van der Waals surface area (Å²) in [5.74, 6) is 0.149. The number of aliphatic hydroxyl groups excluding tert-OH is 1. The van der Waals surface area contributed by atoms with Crippen molar-refractivity contribution in [2.24, 2.45) is 5.92 Å². The number of aliphatic hydroxyl groups is 1. The standard InChI is InChI=1S/C20H22N6O2/c27-18-9-16(10-18)19(11-17-3-1-2-8-21-17)23-20(28)15-6-4-14(5-7-15)12-26-13-22-24-25-26/h1-8,13,16,18-19,27H,9-12H2,(H,23,28). The first-order chi connectivity index (χ1) is 13.7. The number of hydrogen-bond donors (Lipinski definition) is 2. The number of amides is 1. The molecule has 0 bridgehead atoms. The van der Waals surface area contributed by atoms with E-state index < -0.39 is 0 Å². The lowest BCUT2D eigenvalue weighted by Crippen LogP contribution is -2.48. The minimum atomic E-state index is -0.265. The van der Waals surface area contributed by atoms with Crippen LogP contribution in [0.2, 0.25) is 0 Å². The molecule has 8 heteroatoms. The topological polar surface area (TPSA) is 106 Å². The summed E-state index contributed by atoms with van der Waals surface area (Å²) in [6, 6.07) is 13.1. The van der Waals surface area contributed by atoms with E-state index in [1.165, 1.54) is 0 Å². The second kappa shape index (κ2) is 8.26.